The first-order chi connectivity index (χ1) is 14.3. The molecule has 1 atom stereocenters. The Morgan fingerprint density at radius 1 is 1.17 bits per heavy atom. The van der Waals surface area contributed by atoms with E-state index in [1.54, 1.807) is 6.92 Å². The van der Waals surface area contributed by atoms with E-state index < -0.39 is 29.9 Å². The summed E-state index contributed by atoms with van der Waals surface area (Å²) >= 11 is 1.27. The summed E-state index contributed by atoms with van der Waals surface area (Å²) in [6, 6.07) is 12.8. The van der Waals surface area contributed by atoms with Crippen LogP contribution in [0.4, 0.5) is 9.93 Å². The molecule has 30 heavy (non-hydrogen) atoms. The Balaban J connectivity index is 1.51. The van der Waals surface area contributed by atoms with E-state index in [2.05, 4.69) is 20.8 Å². The fourth-order valence-corrected chi connectivity index (χ4v) is 4.12. The quantitative estimate of drug-likeness (QED) is 0.613. The van der Waals surface area contributed by atoms with Crippen LogP contribution in [-0.4, -0.2) is 39.5 Å². The van der Waals surface area contributed by atoms with Gasteiger partial charge in [0.15, 0.2) is 0 Å². The largest absolute Gasteiger partial charge is 0.325 e. The first-order valence-electron chi connectivity index (χ1n) is 9.54. The Bertz CT molecular complexity index is 1160. The van der Waals surface area contributed by atoms with Crippen LogP contribution in [0, 0.1) is 0 Å². The van der Waals surface area contributed by atoms with Crippen molar-refractivity contribution in [1.82, 2.24) is 20.4 Å². The van der Waals surface area contributed by atoms with Gasteiger partial charge >= 0.3 is 6.03 Å². The molecule has 0 aliphatic carbocycles. The van der Waals surface area contributed by atoms with Crippen LogP contribution in [0.15, 0.2) is 42.5 Å². The van der Waals surface area contributed by atoms with Crippen molar-refractivity contribution >= 4 is 45.1 Å². The Morgan fingerprint density at radius 3 is 2.60 bits per heavy atom. The second-order valence-electron chi connectivity index (χ2n) is 7.66. The zero-order valence-electron chi connectivity index (χ0n) is 16.8. The minimum Gasteiger partial charge on any atom is -0.319 e. The molecule has 1 aromatic heterocycles. The number of urea groups is 1. The summed E-state index contributed by atoms with van der Waals surface area (Å²) in [5, 5.41) is 16.4. The maximum Gasteiger partial charge on any atom is 0.325 e. The molecule has 3 aromatic rings. The van der Waals surface area contributed by atoms with E-state index in [9.17, 15) is 14.4 Å². The van der Waals surface area contributed by atoms with E-state index in [-0.39, 0.29) is 5.92 Å². The number of anilines is 1. The lowest BCUT2D eigenvalue weighted by Gasteiger charge is -2.22. The van der Waals surface area contributed by atoms with E-state index in [1.165, 1.54) is 11.3 Å². The van der Waals surface area contributed by atoms with Crippen molar-refractivity contribution in [2.24, 2.45) is 0 Å². The van der Waals surface area contributed by atoms with Gasteiger partial charge < -0.3 is 5.32 Å². The van der Waals surface area contributed by atoms with Gasteiger partial charge in [-0.25, -0.2) is 4.79 Å². The van der Waals surface area contributed by atoms with E-state index in [0.29, 0.717) is 10.7 Å². The molecule has 1 saturated heterocycles. The molecule has 1 fully saturated rings. The highest BCUT2D eigenvalue weighted by molar-refractivity contribution is 7.15. The van der Waals surface area contributed by atoms with Crippen molar-refractivity contribution in [3.63, 3.8) is 0 Å². The van der Waals surface area contributed by atoms with E-state index in [1.807, 2.05) is 56.3 Å². The minimum absolute atomic E-state index is 0.196. The number of fused-ring (bicyclic) bond motifs is 1. The molecule has 1 unspecified atom stereocenters. The molecule has 154 valence electrons. The molecule has 0 bridgehead atoms. The number of carbonyl (C=O) groups is 3. The highest BCUT2D eigenvalue weighted by atomic mass is 32.1. The van der Waals surface area contributed by atoms with Crippen LogP contribution in [0.5, 0.6) is 0 Å². The summed E-state index contributed by atoms with van der Waals surface area (Å²) in [5.74, 6) is -0.785. The number of hydrogen-bond donors (Lipinski definition) is 2. The number of benzene rings is 2. The number of imide groups is 1. The average Bonchev–Trinajstić information content (AvgIpc) is 3.27. The van der Waals surface area contributed by atoms with Crippen LogP contribution in [0.1, 0.15) is 37.3 Å². The van der Waals surface area contributed by atoms with E-state index >= 15 is 0 Å². The summed E-state index contributed by atoms with van der Waals surface area (Å²) in [5.41, 5.74) is -0.581. The zero-order chi connectivity index (χ0) is 21.5. The monoisotopic (exact) mass is 423 g/mol. The molecule has 1 aliphatic heterocycles. The second kappa shape index (κ2) is 7.49. The SMILES string of the molecule is CC(C)c1nnc(NC(=O)CN2C(=O)NC(C)(c3ccc4ccccc4c3)C2=O)s1. The fourth-order valence-electron chi connectivity index (χ4n) is 3.36. The molecule has 0 radical (unpaired) electrons. The van der Waals surface area contributed by atoms with Crippen LogP contribution < -0.4 is 10.6 Å². The number of aromatic nitrogens is 2. The lowest BCUT2D eigenvalue weighted by molar-refractivity contribution is -0.133. The molecule has 8 nitrogen and oxygen atoms in total. The van der Waals surface area contributed by atoms with Crippen LogP contribution in [0.25, 0.3) is 10.8 Å². The standard InChI is InChI=1S/C21H21N5O3S/c1-12(2)17-24-25-19(30-17)22-16(27)11-26-18(28)21(3,23-20(26)29)15-9-8-13-6-4-5-7-14(13)10-15/h4-10,12H,11H2,1-3H3,(H,23,29)(H,22,25,27). The number of hydrogen-bond acceptors (Lipinski definition) is 6. The third-order valence-corrected chi connectivity index (χ3v) is 6.22. The van der Waals surface area contributed by atoms with Crippen LogP contribution in [-0.2, 0) is 15.1 Å². The smallest absolute Gasteiger partial charge is 0.319 e. The second-order valence-corrected chi connectivity index (χ2v) is 8.67. The summed E-state index contributed by atoms with van der Waals surface area (Å²) < 4.78 is 0. The molecule has 2 N–H and O–H groups in total. The van der Waals surface area contributed by atoms with Gasteiger partial charge in [0.2, 0.25) is 11.0 Å². The maximum absolute atomic E-state index is 13.1. The van der Waals surface area contributed by atoms with Crippen molar-refractivity contribution in [3.8, 4) is 0 Å². The maximum atomic E-state index is 13.1. The molecule has 4 rings (SSSR count). The molecule has 2 aromatic carbocycles. The molecular weight excluding hydrogens is 402 g/mol. The third-order valence-electron chi connectivity index (χ3n) is 5.08. The predicted octanol–water partition coefficient (Wildman–Crippen LogP) is 3.22. The summed E-state index contributed by atoms with van der Waals surface area (Å²) in [4.78, 5) is 38.9. The predicted molar refractivity (Wildman–Crippen MR) is 114 cm³/mol. The van der Waals surface area contributed by atoms with Gasteiger partial charge in [0.05, 0.1) is 0 Å². The third kappa shape index (κ3) is 3.52. The number of carbonyl (C=O) groups excluding carboxylic acids is 3. The van der Waals surface area contributed by atoms with Gasteiger partial charge in [0.25, 0.3) is 5.91 Å². The number of nitrogens with one attached hydrogen (secondary N) is 2. The summed E-state index contributed by atoms with van der Waals surface area (Å²) in [6.45, 7) is 5.21. The van der Waals surface area contributed by atoms with Crippen molar-refractivity contribution in [2.45, 2.75) is 32.2 Å². The Labute approximate surface area is 177 Å². The van der Waals surface area contributed by atoms with Gasteiger partial charge in [-0.3, -0.25) is 19.8 Å². The van der Waals surface area contributed by atoms with E-state index in [4.69, 9.17) is 0 Å². The minimum atomic E-state index is -1.24. The van der Waals surface area contributed by atoms with Gasteiger partial charge in [-0.2, -0.15) is 0 Å². The van der Waals surface area contributed by atoms with Gasteiger partial charge in [-0.15, -0.1) is 10.2 Å². The number of rotatable bonds is 5. The van der Waals surface area contributed by atoms with Crippen LogP contribution >= 0.6 is 11.3 Å². The number of amides is 4. The van der Waals surface area contributed by atoms with Crippen molar-refractivity contribution < 1.29 is 14.4 Å². The lowest BCUT2D eigenvalue weighted by Crippen LogP contribution is -2.42. The molecule has 9 heteroatoms. The van der Waals surface area contributed by atoms with Crippen molar-refractivity contribution in [3.05, 3.63) is 53.0 Å². The molecule has 2 heterocycles. The van der Waals surface area contributed by atoms with Crippen molar-refractivity contribution in [1.29, 1.82) is 0 Å². The Hall–Kier alpha value is -3.33. The Morgan fingerprint density at radius 2 is 1.90 bits per heavy atom. The number of nitrogens with zero attached hydrogens (tertiary/aromatic N) is 3. The Kier molecular flexibility index (Phi) is 4.98. The molecule has 1 aliphatic rings. The van der Waals surface area contributed by atoms with Crippen molar-refractivity contribution in [2.75, 3.05) is 11.9 Å². The first-order valence-corrected chi connectivity index (χ1v) is 10.4. The molecule has 4 amide bonds. The summed E-state index contributed by atoms with van der Waals surface area (Å²) in [7, 11) is 0. The topological polar surface area (TPSA) is 104 Å². The van der Waals surface area contributed by atoms with Gasteiger partial charge in [0.1, 0.15) is 17.1 Å². The normalized spacial score (nSPS) is 18.9. The van der Waals surface area contributed by atoms with Gasteiger partial charge in [0, 0.05) is 5.92 Å². The molecule has 0 spiro atoms. The van der Waals surface area contributed by atoms with Gasteiger partial charge in [-0.05, 0) is 29.3 Å². The molecular formula is C21H21N5O3S. The fraction of sp³-hybridized carbons (Fsp3) is 0.286. The molecule has 0 saturated carbocycles. The highest BCUT2D eigenvalue weighted by Crippen LogP contribution is 2.31. The van der Waals surface area contributed by atoms with Gasteiger partial charge in [-0.1, -0.05) is 61.6 Å². The van der Waals surface area contributed by atoms with Crippen LogP contribution in [0.3, 0.4) is 0 Å². The zero-order valence-corrected chi connectivity index (χ0v) is 17.6. The van der Waals surface area contributed by atoms with E-state index in [0.717, 1.165) is 20.7 Å². The lowest BCUT2D eigenvalue weighted by atomic mass is 9.90. The van der Waals surface area contributed by atoms with Crippen LogP contribution in [0.2, 0.25) is 0 Å². The highest BCUT2D eigenvalue weighted by Gasteiger charge is 2.49. The average molecular weight is 423 g/mol. The first kappa shape index (κ1) is 20.0. The summed E-state index contributed by atoms with van der Waals surface area (Å²) in [6.07, 6.45) is 0.